The fourth-order valence-corrected chi connectivity index (χ4v) is 0. The minimum atomic E-state index is 0. The first-order chi connectivity index (χ1) is 1.00. The summed E-state index contributed by atoms with van der Waals surface area (Å²) < 4.78 is 0. The summed E-state index contributed by atoms with van der Waals surface area (Å²) in [6.45, 7) is 0. The smallest absolute Gasteiger partial charge is 0 e. The molecule has 0 aromatic rings. The van der Waals surface area contributed by atoms with Gasteiger partial charge in [0.05, 0.1) is 0 Å². The normalized spacial score (nSPS) is 1.50. The van der Waals surface area contributed by atoms with E-state index in [1.807, 2.05) is 0 Å². The zero-order valence-corrected chi connectivity index (χ0v) is 5.70. The summed E-state index contributed by atoms with van der Waals surface area (Å²) in [6, 6.07) is 0. The van der Waals surface area contributed by atoms with Crippen LogP contribution in [0.25, 0.3) is 0 Å². The summed E-state index contributed by atoms with van der Waals surface area (Å²) in [5.41, 5.74) is 4.25. The van der Waals surface area contributed by atoms with Crippen LogP contribution in [-0.2, 0) is 32.7 Å². The molecule has 2 heteroatoms. The van der Waals surface area contributed by atoms with E-state index in [2.05, 4.69) is 12.8 Å². The minimum absolute atomic E-state index is 0. The molecule has 0 atom stereocenters. The molecule has 0 saturated carbocycles. The zero-order chi connectivity index (χ0) is 2.00. The molecular weight excluding hydrogens is 127 g/mol. The van der Waals surface area contributed by atoms with E-state index < -0.39 is 0 Å². The van der Waals surface area contributed by atoms with Crippen molar-refractivity contribution in [1.29, 1.82) is 0 Å². The van der Waals surface area contributed by atoms with Crippen molar-refractivity contribution in [3.63, 3.8) is 0 Å². The molecule has 0 aliphatic heterocycles. The first-order valence-electron chi connectivity index (χ1n) is 0.408. The van der Waals surface area contributed by atoms with Crippen LogP contribution in [0, 0.1) is 14.5 Å². The van der Waals surface area contributed by atoms with Crippen LogP contribution in [0.15, 0.2) is 0 Å². The molecule has 1 nitrogen and oxygen atoms in total. The van der Waals surface area contributed by atoms with Crippen molar-refractivity contribution in [3.05, 3.63) is 14.5 Å². The van der Waals surface area contributed by atoms with E-state index in [4.69, 9.17) is 0 Å². The van der Waals surface area contributed by atoms with Crippen molar-refractivity contribution in [2.45, 2.75) is 0 Å². The van der Waals surface area contributed by atoms with Crippen LogP contribution in [0.1, 0.15) is 0 Å². The average Bonchev–Trinajstić information content (AvgIpc) is 1.00. The summed E-state index contributed by atoms with van der Waals surface area (Å²) in [4.78, 5) is 0. The molecule has 0 aliphatic carbocycles. The number of hydrogen-bond donors (Lipinski definition) is 1. The van der Waals surface area contributed by atoms with Gasteiger partial charge in [0.1, 0.15) is 0 Å². The molecule has 4 heavy (non-hydrogen) atoms. The maximum atomic E-state index is 4.25. The van der Waals surface area contributed by atoms with Crippen molar-refractivity contribution >= 4 is 0 Å². The predicted molar refractivity (Wildman–Crippen MR) is 16.0 cm³/mol. The monoisotopic (exact) mass is 134 g/mol. The van der Waals surface area contributed by atoms with Crippen LogP contribution in [0.2, 0.25) is 0 Å². The number of hydrogen-bond acceptors (Lipinski definition) is 1. The van der Waals surface area contributed by atoms with Gasteiger partial charge in [0.2, 0.25) is 0 Å². The standard InChI is InChI=1S/CH4N.CH3.Y/c1-2;;/h1-2H2;1H3;/q2*-1;. The minimum Gasteiger partial charge on any atom is -0.486 e. The molecule has 0 amide bonds. The molecule has 0 aliphatic rings. The van der Waals surface area contributed by atoms with Crippen molar-refractivity contribution in [2.75, 3.05) is 0 Å². The van der Waals surface area contributed by atoms with Crippen LogP contribution in [0.3, 0.4) is 0 Å². The Kier molecular flexibility index (Phi) is 165. The van der Waals surface area contributed by atoms with Gasteiger partial charge in [-0.1, -0.05) is 0 Å². The SMILES string of the molecule is [CH2-]N.[CH3-].[Y]. The zero-order valence-electron chi connectivity index (χ0n) is 2.86. The van der Waals surface area contributed by atoms with Gasteiger partial charge in [-0.15, -0.1) is 0 Å². The molecule has 1 radical (unpaired) electrons. The topological polar surface area (TPSA) is 26.0 Å². The van der Waals surface area contributed by atoms with E-state index in [1.165, 1.54) is 0 Å². The second-order valence-corrected chi connectivity index (χ2v) is 0. The molecule has 2 N–H and O–H groups in total. The van der Waals surface area contributed by atoms with E-state index in [-0.39, 0.29) is 40.1 Å². The molecule has 0 heterocycles. The van der Waals surface area contributed by atoms with E-state index >= 15 is 0 Å². The van der Waals surface area contributed by atoms with Crippen LogP contribution in [-0.4, -0.2) is 0 Å². The van der Waals surface area contributed by atoms with Gasteiger partial charge in [-0.2, -0.15) is 0 Å². The molecule has 0 rings (SSSR count). The molecule has 0 fully saturated rings. The van der Waals surface area contributed by atoms with Crippen molar-refractivity contribution in [1.82, 2.24) is 0 Å². The van der Waals surface area contributed by atoms with Gasteiger partial charge in [0, 0.05) is 32.7 Å². The third-order valence-electron chi connectivity index (χ3n) is 0. The first kappa shape index (κ1) is 19.6. The summed E-state index contributed by atoms with van der Waals surface area (Å²) >= 11 is 0. The predicted octanol–water partition coefficient (Wildman–Crippen LogP) is 0.184. The maximum absolute atomic E-state index is 4.25. The third kappa shape index (κ3) is 11.5. The van der Waals surface area contributed by atoms with Crippen LogP contribution in [0.5, 0.6) is 0 Å². The Bertz CT molecular complexity index is 6.00. The Balaban J connectivity index is -0.00000000500. The number of nitrogens with two attached hydrogens (primary N) is 1. The Hall–Kier alpha value is 1.06. The second kappa shape index (κ2) is 33.7. The molecule has 0 spiro atoms. The van der Waals surface area contributed by atoms with Crippen molar-refractivity contribution in [2.24, 2.45) is 5.73 Å². The Morgan fingerprint density at radius 3 is 1.25 bits per heavy atom. The molecule has 0 aromatic heterocycles. The fourth-order valence-electron chi connectivity index (χ4n) is 0. The largest absolute Gasteiger partial charge is 0.486 e. The summed E-state index contributed by atoms with van der Waals surface area (Å²) in [5.74, 6) is 0. The van der Waals surface area contributed by atoms with E-state index in [0.717, 1.165) is 0 Å². The molecule has 0 aromatic carbocycles. The van der Waals surface area contributed by atoms with E-state index in [0.29, 0.717) is 0 Å². The van der Waals surface area contributed by atoms with E-state index in [9.17, 15) is 0 Å². The van der Waals surface area contributed by atoms with Gasteiger partial charge < -0.3 is 13.2 Å². The van der Waals surface area contributed by atoms with Gasteiger partial charge in [0.25, 0.3) is 0 Å². The van der Waals surface area contributed by atoms with Gasteiger partial charge in [-0.3, -0.25) is 7.05 Å². The first-order valence-corrected chi connectivity index (χ1v) is 0.408. The van der Waals surface area contributed by atoms with Gasteiger partial charge >= 0.3 is 0 Å². The Morgan fingerprint density at radius 1 is 1.25 bits per heavy atom. The second-order valence-electron chi connectivity index (χ2n) is 0. The molecule has 25 valence electrons. The Labute approximate surface area is 52.8 Å². The third-order valence-corrected chi connectivity index (χ3v) is 0. The van der Waals surface area contributed by atoms with Crippen molar-refractivity contribution in [3.8, 4) is 0 Å². The van der Waals surface area contributed by atoms with E-state index in [1.54, 1.807) is 0 Å². The molecule has 0 bridgehead atoms. The van der Waals surface area contributed by atoms with Crippen LogP contribution < -0.4 is 5.73 Å². The Morgan fingerprint density at radius 2 is 1.25 bits per heavy atom. The fraction of sp³-hybridized carbons (Fsp3) is 0. The van der Waals surface area contributed by atoms with Crippen LogP contribution >= 0.6 is 0 Å². The average molecular weight is 134 g/mol. The van der Waals surface area contributed by atoms with Gasteiger partial charge in [0.15, 0.2) is 0 Å². The summed E-state index contributed by atoms with van der Waals surface area (Å²) in [7, 11) is 2.75. The van der Waals surface area contributed by atoms with Crippen molar-refractivity contribution < 1.29 is 32.7 Å². The van der Waals surface area contributed by atoms with Crippen LogP contribution in [0.4, 0.5) is 0 Å². The summed E-state index contributed by atoms with van der Waals surface area (Å²) in [6.07, 6.45) is 0. The number of rotatable bonds is 0. The molecule has 0 saturated heterocycles. The van der Waals surface area contributed by atoms with Gasteiger partial charge in [-0.25, -0.2) is 0 Å². The quantitative estimate of drug-likeness (QED) is 0.470. The molecular formula is C2H7NY-2. The van der Waals surface area contributed by atoms with Gasteiger partial charge in [-0.05, 0) is 0 Å². The molecule has 0 unspecified atom stereocenters. The summed E-state index contributed by atoms with van der Waals surface area (Å²) in [5, 5.41) is 0. The maximum Gasteiger partial charge on any atom is 0 e.